The zero-order valence-electron chi connectivity index (χ0n) is 17.4. The minimum atomic E-state index is -0.837. The Bertz CT molecular complexity index is 1120. The molecule has 2 amide bonds. The van der Waals surface area contributed by atoms with Crippen LogP contribution in [0.3, 0.4) is 0 Å². The zero-order valence-corrected chi connectivity index (χ0v) is 18.9. The first kappa shape index (κ1) is 23.8. The molecule has 0 aromatic heterocycles. The van der Waals surface area contributed by atoms with Crippen molar-refractivity contribution in [3.05, 3.63) is 105 Å². The highest BCUT2D eigenvalue weighted by molar-refractivity contribution is 6.35. The summed E-state index contributed by atoms with van der Waals surface area (Å²) in [4.78, 5) is 14.5. The summed E-state index contributed by atoms with van der Waals surface area (Å²) in [5.41, 5.74) is 2.70. The first-order valence-corrected chi connectivity index (χ1v) is 10.7. The van der Waals surface area contributed by atoms with Gasteiger partial charge in [0.15, 0.2) is 0 Å². The molecule has 0 aliphatic heterocycles. The van der Waals surface area contributed by atoms with Gasteiger partial charge in [-0.25, -0.2) is 13.6 Å². The molecule has 0 saturated heterocycles. The van der Waals surface area contributed by atoms with Crippen LogP contribution in [0.4, 0.5) is 19.3 Å². The number of nitrogens with one attached hydrogen (secondary N) is 1. The van der Waals surface area contributed by atoms with E-state index in [2.05, 4.69) is 5.32 Å². The monoisotopic (exact) mass is 474 g/mol. The number of rotatable bonds is 7. The van der Waals surface area contributed by atoms with Crippen LogP contribution in [-0.2, 0) is 6.42 Å². The number of carbonyl (C=O) groups excluding carboxylic acids is 1. The molecule has 7 heteroatoms. The maximum absolute atomic E-state index is 14.1. The zero-order chi connectivity index (χ0) is 23.1. The van der Waals surface area contributed by atoms with E-state index < -0.39 is 17.7 Å². The molecule has 32 heavy (non-hydrogen) atoms. The average molecular weight is 475 g/mol. The van der Waals surface area contributed by atoms with Crippen LogP contribution in [0.5, 0.6) is 0 Å². The molecule has 0 saturated carbocycles. The predicted octanol–water partition coefficient (Wildman–Crippen LogP) is 7.45. The molecule has 0 spiro atoms. The number of carbonyl (C=O) groups is 1. The predicted molar refractivity (Wildman–Crippen MR) is 127 cm³/mol. The molecule has 0 bridgehead atoms. The maximum Gasteiger partial charge on any atom is 0.322 e. The van der Waals surface area contributed by atoms with E-state index in [4.69, 9.17) is 23.2 Å². The maximum atomic E-state index is 14.1. The molecule has 0 heterocycles. The highest BCUT2D eigenvalue weighted by Crippen LogP contribution is 2.22. The molecule has 0 atom stereocenters. The summed E-state index contributed by atoms with van der Waals surface area (Å²) in [5, 5.41) is 3.57. The number of amides is 2. The summed E-state index contributed by atoms with van der Waals surface area (Å²) in [7, 11) is 0. The number of anilines is 1. The summed E-state index contributed by atoms with van der Waals surface area (Å²) >= 11 is 12.2. The van der Waals surface area contributed by atoms with Crippen molar-refractivity contribution in [2.75, 3.05) is 18.4 Å². The summed E-state index contributed by atoms with van der Waals surface area (Å²) in [6.45, 7) is 2.56. The van der Waals surface area contributed by atoms with Gasteiger partial charge in [0.05, 0.1) is 5.69 Å². The number of hydrogen-bond acceptors (Lipinski definition) is 1. The fraction of sp³-hybridized carbons (Fsp3) is 0.160. The van der Waals surface area contributed by atoms with Crippen molar-refractivity contribution < 1.29 is 13.6 Å². The molecule has 1 N–H and O–H groups in total. The number of nitrogens with zero attached hydrogens (tertiary/aromatic N) is 1. The van der Waals surface area contributed by atoms with E-state index in [0.717, 1.165) is 28.8 Å². The molecule has 166 valence electrons. The quantitative estimate of drug-likeness (QED) is 0.378. The van der Waals surface area contributed by atoms with Crippen molar-refractivity contribution in [1.82, 2.24) is 4.90 Å². The minimum Gasteiger partial charge on any atom is -0.320 e. The Labute approximate surface area is 196 Å². The third-order valence-corrected chi connectivity index (χ3v) is 5.37. The van der Waals surface area contributed by atoms with Crippen LogP contribution in [0.25, 0.3) is 6.08 Å². The van der Waals surface area contributed by atoms with Crippen molar-refractivity contribution in [2.24, 2.45) is 0 Å². The molecule has 0 fully saturated rings. The summed E-state index contributed by atoms with van der Waals surface area (Å²) < 4.78 is 27.3. The third-order valence-electron chi connectivity index (χ3n) is 4.78. The molecule has 3 aromatic carbocycles. The number of hydrogen-bond donors (Lipinski definition) is 1. The van der Waals surface area contributed by atoms with Gasteiger partial charge in [-0.2, -0.15) is 0 Å². The second-order valence-corrected chi connectivity index (χ2v) is 8.21. The fourth-order valence-electron chi connectivity index (χ4n) is 3.20. The molecule has 3 rings (SSSR count). The van der Waals surface area contributed by atoms with Crippen LogP contribution < -0.4 is 5.32 Å². The van der Waals surface area contributed by atoms with Gasteiger partial charge in [-0.15, -0.1) is 0 Å². The Kier molecular flexibility index (Phi) is 8.26. The number of urea groups is 1. The Balaban J connectivity index is 1.78. The average Bonchev–Trinajstić information content (AvgIpc) is 2.74. The van der Waals surface area contributed by atoms with E-state index in [1.807, 2.05) is 49.4 Å². The van der Waals surface area contributed by atoms with Gasteiger partial charge in [0, 0.05) is 29.2 Å². The smallest absolute Gasteiger partial charge is 0.320 e. The van der Waals surface area contributed by atoms with E-state index in [1.165, 1.54) is 6.07 Å². The number of halogens is 4. The molecular formula is C25H22Cl2F2N2O. The van der Waals surface area contributed by atoms with E-state index >= 15 is 0 Å². The largest absolute Gasteiger partial charge is 0.322 e. The molecule has 0 unspecified atom stereocenters. The van der Waals surface area contributed by atoms with Crippen molar-refractivity contribution in [3.63, 3.8) is 0 Å². The topological polar surface area (TPSA) is 32.3 Å². The summed E-state index contributed by atoms with van der Waals surface area (Å²) in [6, 6.07) is 17.5. The minimum absolute atomic E-state index is 0.0874. The standard InChI is InChI=1S/C25H22Cl2F2N2O/c1-17(13-18-5-3-2-4-6-18)16-31(12-11-19-7-8-20(26)14-22(19)27)25(32)30-24-10-9-21(28)15-23(24)29/h2-10,13-15H,11-12,16H2,1H3,(H,30,32). The molecule has 3 aromatic rings. The van der Waals surface area contributed by atoms with Crippen molar-refractivity contribution >= 4 is 41.0 Å². The first-order valence-electron chi connectivity index (χ1n) is 9.99. The van der Waals surface area contributed by atoms with Gasteiger partial charge in [0.2, 0.25) is 0 Å². The van der Waals surface area contributed by atoms with Crippen LogP contribution in [0.1, 0.15) is 18.1 Å². The Hall–Kier alpha value is -2.89. The molecular weight excluding hydrogens is 453 g/mol. The first-order chi connectivity index (χ1) is 15.3. The Morgan fingerprint density at radius 3 is 2.47 bits per heavy atom. The molecule has 0 aliphatic carbocycles. The summed E-state index contributed by atoms with van der Waals surface area (Å²) in [5.74, 6) is -1.55. The lowest BCUT2D eigenvalue weighted by Gasteiger charge is -2.24. The Morgan fingerprint density at radius 1 is 1.03 bits per heavy atom. The van der Waals surface area contributed by atoms with Gasteiger partial charge >= 0.3 is 6.03 Å². The molecule has 3 nitrogen and oxygen atoms in total. The van der Waals surface area contributed by atoms with Gasteiger partial charge in [0.25, 0.3) is 0 Å². The van der Waals surface area contributed by atoms with Gasteiger partial charge < -0.3 is 10.2 Å². The second-order valence-electron chi connectivity index (χ2n) is 7.36. The van der Waals surface area contributed by atoms with E-state index in [9.17, 15) is 13.6 Å². The van der Waals surface area contributed by atoms with Crippen LogP contribution in [0.15, 0.2) is 72.3 Å². The lowest BCUT2D eigenvalue weighted by Crippen LogP contribution is -2.38. The lowest BCUT2D eigenvalue weighted by molar-refractivity contribution is 0.216. The van der Waals surface area contributed by atoms with E-state index in [-0.39, 0.29) is 5.69 Å². The number of benzene rings is 3. The van der Waals surface area contributed by atoms with Crippen LogP contribution in [0, 0.1) is 11.6 Å². The van der Waals surface area contributed by atoms with Gasteiger partial charge in [-0.05, 0) is 48.7 Å². The van der Waals surface area contributed by atoms with Gasteiger partial charge in [-0.1, -0.05) is 71.2 Å². The van der Waals surface area contributed by atoms with Crippen LogP contribution in [-0.4, -0.2) is 24.0 Å². The third kappa shape index (κ3) is 6.81. The van der Waals surface area contributed by atoms with Gasteiger partial charge in [-0.3, -0.25) is 0 Å². The lowest BCUT2D eigenvalue weighted by atomic mass is 10.1. The van der Waals surface area contributed by atoms with E-state index in [0.29, 0.717) is 29.6 Å². The van der Waals surface area contributed by atoms with Crippen LogP contribution >= 0.6 is 23.2 Å². The fourth-order valence-corrected chi connectivity index (χ4v) is 3.70. The normalized spacial score (nSPS) is 11.3. The van der Waals surface area contributed by atoms with E-state index in [1.54, 1.807) is 17.0 Å². The second kappa shape index (κ2) is 11.1. The highest BCUT2D eigenvalue weighted by Gasteiger charge is 2.17. The summed E-state index contributed by atoms with van der Waals surface area (Å²) in [6.07, 6.45) is 2.46. The van der Waals surface area contributed by atoms with Crippen molar-refractivity contribution in [2.45, 2.75) is 13.3 Å². The van der Waals surface area contributed by atoms with Gasteiger partial charge in [0.1, 0.15) is 11.6 Å². The highest BCUT2D eigenvalue weighted by atomic mass is 35.5. The SMILES string of the molecule is CC(=Cc1ccccc1)CN(CCc1ccc(Cl)cc1Cl)C(=O)Nc1ccc(F)cc1F. The molecule has 0 radical (unpaired) electrons. The van der Waals surface area contributed by atoms with Crippen molar-refractivity contribution in [1.29, 1.82) is 0 Å². The Morgan fingerprint density at radius 2 is 1.78 bits per heavy atom. The van der Waals surface area contributed by atoms with Crippen molar-refractivity contribution in [3.8, 4) is 0 Å². The molecule has 0 aliphatic rings. The van der Waals surface area contributed by atoms with Crippen LogP contribution in [0.2, 0.25) is 10.0 Å².